The van der Waals surface area contributed by atoms with E-state index in [0.717, 1.165) is 19.6 Å². The van der Waals surface area contributed by atoms with E-state index in [1.807, 2.05) is 6.92 Å². The summed E-state index contributed by atoms with van der Waals surface area (Å²) in [6.45, 7) is 9.90. The molecule has 0 aliphatic rings. The van der Waals surface area contributed by atoms with Gasteiger partial charge in [0.15, 0.2) is 0 Å². The Labute approximate surface area is 121 Å². The van der Waals surface area contributed by atoms with E-state index in [2.05, 4.69) is 55.8 Å². The summed E-state index contributed by atoms with van der Waals surface area (Å²) < 4.78 is 8.06. The number of fused-ring (bicyclic) bond motifs is 1. The maximum absolute atomic E-state index is 5.88. The average molecular weight is 274 g/mol. The van der Waals surface area contributed by atoms with E-state index in [9.17, 15) is 0 Å². The van der Waals surface area contributed by atoms with E-state index in [1.165, 1.54) is 16.5 Å². The highest BCUT2D eigenvalue weighted by Crippen LogP contribution is 2.19. The molecule has 2 rings (SSSR count). The lowest BCUT2D eigenvalue weighted by Gasteiger charge is -2.20. The molecular weight excluding hydrogens is 248 g/mol. The highest BCUT2D eigenvalue weighted by molar-refractivity contribution is 5.80. The molecule has 2 aromatic rings. The van der Waals surface area contributed by atoms with Crippen LogP contribution in [0.3, 0.4) is 0 Å². The summed E-state index contributed by atoms with van der Waals surface area (Å²) in [5, 5.41) is 1.27. The van der Waals surface area contributed by atoms with Crippen molar-refractivity contribution < 1.29 is 4.74 Å². The van der Waals surface area contributed by atoms with Crippen LogP contribution in [0.1, 0.15) is 33.3 Å². The molecule has 20 heavy (non-hydrogen) atoms. The number of nitrogens with zero attached hydrogens (tertiary/aromatic N) is 1. The lowest BCUT2D eigenvalue weighted by molar-refractivity contribution is -0.00644. The van der Waals surface area contributed by atoms with Crippen LogP contribution >= 0.6 is 0 Å². The van der Waals surface area contributed by atoms with Crippen LogP contribution in [-0.2, 0) is 17.7 Å². The van der Waals surface area contributed by atoms with Gasteiger partial charge in [0.25, 0.3) is 0 Å². The zero-order valence-corrected chi connectivity index (χ0v) is 13.0. The molecule has 3 heteroatoms. The fraction of sp³-hybridized carbons (Fsp3) is 0.529. The van der Waals surface area contributed by atoms with Gasteiger partial charge in [0.1, 0.15) is 0 Å². The predicted octanol–water partition coefficient (Wildman–Crippen LogP) is 3.35. The van der Waals surface area contributed by atoms with Gasteiger partial charge in [-0.15, -0.1) is 0 Å². The minimum Gasteiger partial charge on any atom is -0.374 e. The lowest BCUT2D eigenvalue weighted by Crippen LogP contribution is -2.21. The first kappa shape index (κ1) is 15.1. The fourth-order valence-electron chi connectivity index (χ4n) is 2.37. The molecule has 0 radical (unpaired) electrons. The minimum absolute atomic E-state index is 0.0803. The molecule has 0 saturated heterocycles. The maximum atomic E-state index is 5.88. The molecule has 1 aromatic carbocycles. The number of nitrogens with two attached hydrogens (primary N) is 1. The van der Waals surface area contributed by atoms with Crippen LogP contribution in [-0.4, -0.2) is 22.8 Å². The molecule has 0 saturated carbocycles. The van der Waals surface area contributed by atoms with Crippen molar-refractivity contribution in [3.05, 3.63) is 36.0 Å². The van der Waals surface area contributed by atoms with Gasteiger partial charge in [0.05, 0.1) is 12.2 Å². The van der Waals surface area contributed by atoms with Gasteiger partial charge in [-0.25, -0.2) is 0 Å². The summed E-state index contributed by atoms with van der Waals surface area (Å²) >= 11 is 0. The van der Waals surface area contributed by atoms with Gasteiger partial charge in [-0.1, -0.05) is 12.1 Å². The Kier molecular flexibility index (Phi) is 4.51. The number of ether oxygens (including phenoxy) is 1. The standard InChI is InChI=1S/C17H26N2O/c1-13(18)11-14-5-6-15-7-8-19(16(15)12-14)9-10-20-17(2,3)4/h5-8,12-13H,9-11,18H2,1-4H3. The molecule has 0 spiro atoms. The Morgan fingerprint density at radius 1 is 1.25 bits per heavy atom. The molecule has 0 aliphatic carbocycles. The van der Waals surface area contributed by atoms with E-state index < -0.39 is 0 Å². The Hall–Kier alpha value is -1.32. The number of hydrogen-bond donors (Lipinski definition) is 1. The van der Waals surface area contributed by atoms with E-state index in [0.29, 0.717) is 0 Å². The summed E-state index contributed by atoms with van der Waals surface area (Å²) in [6.07, 6.45) is 3.05. The van der Waals surface area contributed by atoms with E-state index in [-0.39, 0.29) is 11.6 Å². The molecule has 1 atom stereocenters. The molecule has 0 amide bonds. The Morgan fingerprint density at radius 3 is 2.65 bits per heavy atom. The van der Waals surface area contributed by atoms with E-state index >= 15 is 0 Å². The first-order chi connectivity index (χ1) is 9.35. The van der Waals surface area contributed by atoms with Gasteiger partial charge in [-0.05, 0) is 57.2 Å². The van der Waals surface area contributed by atoms with Crippen LogP contribution in [0.4, 0.5) is 0 Å². The van der Waals surface area contributed by atoms with Gasteiger partial charge in [-0.2, -0.15) is 0 Å². The van der Waals surface area contributed by atoms with Gasteiger partial charge in [0.2, 0.25) is 0 Å². The lowest BCUT2D eigenvalue weighted by atomic mass is 10.1. The number of hydrogen-bond acceptors (Lipinski definition) is 2. The summed E-state index contributed by atoms with van der Waals surface area (Å²) in [5.41, 5.74) is 8.36. The second-order valence-corrected chi connectivity index (χ2v) is 6.54. The third-order valence-corrected chi connectivity index (χ3v) is 3.26. The quantitative estimate of drug-likeness (QED) is 0.908. The van der Waals surface area contributed by atoms with Crippen molar-refractivity contribution in [1.82, 2.24) is 4.57 Å². The van der Waals surface area contributed by atoms with Crippen LogP contribution in [0.5, 0.6) is 0 Å². The van der Waals surface area contributed by atoms with Crippen molar-refractivity contribution in [3.63, 3.8) is 0 Å². The minimum atomic E-state index is -0.0803. The van der Waals surface area contributed by atoms with Crippen LogP contribution < -0.4 is 5.73 Å². The predicted molar refractivity (Wildman–Crippen MR) is 85.0 cm³/mol. The molecule has 1 unspecified atom stereocenters. The van der Waals surface area contributed by atoms with Crippen molar-refractivity contribution in [3.8, 4) is 0 Å². The Bertz CT molecular complexity index is 564. The fourth-order valence-corrected chi connectivity index (χ4v) is 2.37. The molecule has 0 bridgehead atoms. The van der Waals surface area contributed by atoms with Crippen LogP contribution in [0.25, 0.3) is 10.9 Å². The van der Waals surface area contributed by atoms with Gasteiger partial charge < -0.3 is 15.0 Å². The Balaban J connectivity index is 2.13. The van der Waals surface area contributed by atoms with Crippen LogP contribution in [0, 0.1) is 0 Å². The summed E-state index contributed by atoms with van der Waals surface area (Å²) in [4.78, 5) is 0. The van der Waals surface area contributed by atoms with Gasteiger partial charge in [0, 0.05) is 24.3 Å². The first-order valence-corrected chi connectivity index (χ1v) is 7.32. The second-order valence-electron chi connectivity index (χ2n) is 6.54. The summed E-state index contributed by atoms with van der Waals surface area (Å²) in [5.74, 6) is 0. The number of aromatic nitrogens is 1. The third-order valence-electron chi connectivity index (χ3n) is 3.26. The molecule has 0 aliphatic heterocycles. The molecule has 1 heterocycles. The number of rotatable bonds is 5. The molecule has 110 valence electrons. The first-order valence-electron chi connectivity index (χ1n) is 7.32. The van der Waals surface area contributed by atoms with Crippen LogP contribution in [0.2, 0.25) is 0 Å². The van der Waals surface area contributed by atoms with E-state index in [4.69, 9.17) is 10.5 Å². The molecule has 1 aromatic heterocycles. The summed E-state index contributed by atoms with van der Waals surface area (Å²) in [7, 11) is 0. The van der Waals surface area contributed by atoms with Crippen molar-refractivity contribution in [2.75, 3.05) is 6.61 Å². The SMILES string of the molecule is CC(N)Cc1ccc2ccn(CCOC(C)(C)C)c2c1. The van der Waals surface area contributed by atoms with Crippen LogP contribution in [0.15, 0.2) is 30.5 Å². The maximum Gasteiger partial charge on any atom is 0.0652 e. The molecule has 0 fully saturated rings. The van der Waals surface area contributed by atoms with Crippen molar-refractivity contribution in [1.29, 1.82) is 0 Å². The molecule has 3 nitrogen and oxygen atoms in total. The summed E-state index contributed by atoms with van der Waals surface area (Å²) in [6, 6.07) is 8.94. The van der Waals surface area contributed by atoms with Crippen molar-refractivity contribution >= 4 is 10.9 Å². The smallest absolute Gasteiger partial charge is 0.0652 e. The zero-order chi connectivity index (χ0) is 14.8. The highest BCUT2D eigenvalue weighted by Gasteiger charge is 2.10. The number of benzene rings is 1. The largest absolute Gasteiger partial charge is 0.374 e. The highest BCUT2D eigenvalue weighted by atomic mass is 16.5. The van der Waals surface area contributed by atoms with E-state index in [1.54, 1.807) is 0 Å². The average Bonchev–Trinajstić information content (AvgIpc) is 2.70. The second kappa shape index (κ2) is 5.98. The topological polar surface area (TPSA) is 40.2 Å². The third kappa shape index (κ3) is 4.09. The Morgan fingerprint density at radius 2 is 2.00 bits per heavy atom. The monoisotopic (exact) mass is 274 g/mol. The zero-order valence-electron chi connectivity index (χ0n) is 13.0. The van der Waals surface area contributed by atoms with Gasteiger partial charge in [-0.3, -0.25) is 0 Å². The van der Waals surface area contributed by atoms with Crippen molar-refractivity contribution in [2.24, 2.45) is 5.73 Å². The molecular formula is C17H26N2O. The van der Waals surface area contributed by atoms with Gasteiger partial charge >= 0.3 is 0 Å². The normalized spacial score (nSPS) is 13.8. The molecule has 2 N–H and O–H groups in total. The van der Waals surface area contributed by atoms with Crippen molar-refractivity contribution in [2.45, 2.75) is 52.3 Å².